The van der Waals surface area contributed by atoms with Gasteiger partial charge in [-0.05, 0) is 30.0 Å². The van der Waals surface area contributed by atoms with Crippen molar-refractivity contribution in [1.29, 1.82) is 0 Å². The minimum absolute atomic E-state index is 0.0117. The van der Waals surface area contributed by atoms with Gasteiger partial charge in [0.1, 0.15) is 5.69 Å². The van der Waals surface area contributed by atoms with Gasteiger partial charge in [-0.2, -0.15) is 0 Å². The molecule has 5 heteroatoms. The fraction of sp³-hybridized carbons (Fsp3) is 0.267. The molecule has 3 nitrogen and oxygen atoms in total. The molecule has 0 radical (unpaired) electrons. The molecule has 0 saturated carbocycles. The summed E-state index contributed by atoms with van der Waals surface area (Å²) in [6.45, 7) is 2.74. The largest absolute Gasteiger partial charge is 0.346 e. The van der Waals surface area contributed by atoms with Gasteiger partial charge in [0.05, 0.1) is 16.8 Å². The van der Waals surface area contributed by atoms with Gasteiger partial charge in [-0.3, -0.25) is 4.79 Å². The zero-order valence-corrected chi connectivity index (χ0v) is 13.1. The van der Waals surface area contributed by atoms with Crippen LogP contribution >= 0.6 is 22.7 Å². The van der Waals surface area contributed by atoms with E-state index in [9.17, 15) is 4.79 Å². The van der Waals surface area contributed by atoms with E-state index in [1.165, 1.54) is 14.5 Å². The molecule has 0 unspecified atom stereocenters. The normalized spacial score (nSPS) is 11.1. The van der Waals surface area contributed by atoms with E-state index in [2.05, 4.69) is 18.3 Å². The molecule has 0 aliphatic carbocycles. The van der Waals surface area contributed by atoms with Gasteiger partial charge in [-0.1, -0.05) is 13.0 Å². The summed E-state index contributed by atoms with van der Waals surface area (Å²) < 4.78 is 3.17. The lowest BCUT2D eigenvalue weighted by Gasteiger charge is -2.05. The van der Waals surface area contributed by atoms with E-state index in [1.54, 1.807) is 22.7 Å². The third-order valence-corrected chi connectivity index (χ3v) is 5.46. The molecule has 0 saturated heterocycles. The van der Waals surface area contributed by atoms with Crippen molar-refractivity contribution < 1.29 is 4.79 Å². The number of nitrogens with one attached hydrogen (secondary N) is 1. The van der Waals surface area contributed by atoms with Gasteiger partial charge in [-0.15, -0.1) is 22.7 Å². The van der Waals surface area contributed by atoms with E-state index < -0.39 is 0 Å². The zero-order valence-electron chi connectivity index (χ0n) is 11.5. The minimum Gasteiger partial charge on any atom is -0.346 e. The molecule has 3 heterocycles. The first-order chi connectivity index (χ1) is 9.69. The number of nitrogens with zero attached hydrogens (tertiary/aromatic N) is 1. The first-order valence-electron chi connectivity index (χ1n) is 6.57. The average molecular weight is 304 g/mol. The standard InChI is InChI=1S/C15H16N2OS2/c1-3-10-7-12-14(20-10)8-13(17(12)2)15(18)16-9-11-5-4-6-19-11/h4-8H,3,9H2,1-2H3,(H,16,18). The summed E-state index contributed by atoms with van der Waals surface area (Å²) in [6.07, 6.45) is 1.04. The number of carbonyl (C=O) groups is 1. The highest BCUT2D eigenvalue weighted by Gasteiger charge is 2.15. The molecule has 1 N–H and O–H groups in total. The Morgan fingerprint density at radius 1 is 1.35 bits per heavy atom. The quantitative estimate of drug-likeness (QED) is 0.781. The van der Waals surface area contributed by atoms with Crippen molar-refractivity contribution >= 4 is 38.8 Å². The lowest BCUT2D eigenvalue weighted by atomic mass is 10.3. The highest BCUT2D eigenvalue weighted by atomic mass is 32.1. The molecule has 0 aliphatic rings. The van der Waals surface area contributed by atoms with Gasteiger partial charge in [0, 0.05) is 16.8 Å². The van der Waals surface area contributed by atoms with Crippen LogP contribution in [0.1, 0.15) is 27.2 Å². The molecule has 3 aromatic heterocycles. The van der Waals surface area contributed by atoms with E-state index >= 15 is 0 Å². The number of hydrogen-bond acceptors (Lipinski definition) is 3. The molecule has 0 aromatic carbocycles. The fourth-order valence-electron chi connectivity index (χ4n) is 2.23. The Kier molecular flexibility index (Phi) is 3.63. The van der Waals surface area contributed by atoms with Crippen LogP contribution < -0.4 is 5.32 Å². The smallest absolute Gasteiger partial charge is 0.268 e. The number of aryl methyl sites for hydroxylation is 2. The predicted molar refractivity (Wildman–Crippen MR) is 85.7 cm³/mol. The summed E-state index contributed by atoms with van der Waals surface area (Å²) in [6, 6.07) is 8.19. The maximum atomic E-state index is 12.3. The number of carbonyl (C=O) groups excluding carboxylic acids is 1. The van der Waals surface area contributed by atoms with Gasteiger partial charge in [0.15, 0.2) is 0 Å². The van der Waals surface area contributed by atoms with Crippen LogP contribution in [0.5, 0.6) is 0 Å². The average Bonchev–Trinajstić information content (AvgIpc) is 3.14. The molecular formula is C15H16N2OS2. The van der Waals surface area contributed by atoms with Gasteiger partial charge >= 0.3 is 0 Å². The number of rotatable bonds is 4. The highest BCUT2D eigenvalue weighted by Crippen LogP contribution is 2.28. The maximum absolute atomic E-state index is 12.3. The van der Waals surface area contributed by atoms with E-state index in [-0.39, 0.29) is 5.91 Å². The van der Waals surface area contributed by atoms with Crippen molar-refractivity contribution in [2.45, 2.75) is 19.9 Å². The van der Waals surface area contributed by atoms with E-state index in [0.29, 0.717) is 6.54 Å². The maximum Gasteiger partial charge on any atom is 0.268 e. The second kappa shape index (κ2) is 5.42. The predicted octanol–water partition coefficient (Wildman–Crippen LogP) is 3.79. The SMILES string of the molecule is CCc1cc2c(cc(C(=O)NCc3cccs3)n2C)s1. The Balaban J connectivity index is 1.80. The zero-order chi connectivity index (χ0) is 14.1. The van der Waals surface area contributed by atoms with Crippen molar-refractivity contribution in [2.75, 3.05) is 0 Å². The Bertz CT molecular complexity index is 737. The van der Waals surface area contributed by atoms with Gasteiger partial charge in [0.2, 0.25) is 0 Å². The Hall–Kier alpha value is -1.59. The molecule has 104 valence electrons. The number of fused-ring (bicyclic) bond motifs is 1. The fourth-order valence-corrected chi connectivity index (χ4v) is 3.94. The number of thiophene rings is 2. The minimum atomic E-state index is -0.0117. The van der Waals surface area contributed by atoms with Crippen LogP contribution in [0.2, 0.25) is 0 Å². The van der Waals surface area contributed by atoms with Gasteiger partial charge in [0.25, 0.3) is 5.91 Å². The number of aromatic nitrogens is 1. The van der Waals surface area contributed by atoms with Crippen molar-refractivity contribution in [3.8, 4) is 0 Å². The monoisotopic (exact) mass is 304 g/mol. The Morgan fingerprint density at radius 2 is 2.20 bits per heavy atom. The van der Waals surface area contributed by atoms with E-state index in [0.717, 1.165) is 17.6 Å². The van der Waals surface area contributed by atoms with Crippen molar-refractivity contribution in [3.63, 3.8) is 0 Å². The molecule has 1 amide bonds. The molecule has 0 aliphatic heterocycles. The summed E-state index contributed by atoms with van der Waals surface area (Å²) in [7, 11) is 1.95. The molecule has 0 bridgehead atoms. The molecule has 0 atom stereocenters. The molecule has 0 fully saturated rings. The Labute approximate surface area is 125 Å². The van der Waals surface area contributed by atoms with Crippen LogP contribution in [0.3, 0.4) is 0 Å². The highest BCUT2D eigenvalue weighted by molar-refractivity contribution is 7.19. The molecular weight excluding hydrogens is 288 g/mol. The molecule has 3 aromatic rings. The number of amides is 1. The van der Waals surface area contributed by atoms with E-state index in [4.69, 9.17) is 0 Å². The van der Waals surface area contributed by atoms with Crippen molar-refractivity contribution in [1.82, 2.24) is 9.88 Å². The first-order valence-corrected chi connectivity index (χ1v) is 8.27. The van der Waals surface area contributed by atoms with Crippen LogP contribution in [-0.2, 0) is 20.0 Å². The molecule has 0 spiro atoms. The second-order valence-corrected chi connectivity index (χ2v) is 6.87. The second-order valence-electron chi connectivity index (χ2n) is 4.67. The summed E-state index contributed by atoms with van der Waals surface area (Å²) >= 11 is 3.42. The number of hydrogen-bond donors (Lipinski definition) is 1. The van der Waals surface area contributed by atoms with E-state index in [1.807, 2.05) is 35.2 Å². The van der Waals surface area contributed by atoms with Gasteiger partial charge < -0.3 is 9.88 Å². The van der Waals surface area contributed by atoms with Crippen LogP contribution in [0.25, 0.3) is 10.2 Å². The lowest BCUT2D eigenvalue weighted by molar-refractivity contribution is 0.0943. The van der Waals surface area contributed by atoms with Crippen LogP contribution in [0.4, 0.5) is 0 Å². The molecule has 3 rings (SSSR count). The van der Waals surface area contributed by atoms with Crippen LogP contribution in [0, 0.1) is 0 Å². The third-order valence-electron chi connectivity index (χ3n) is 3.37. The van der Waals surface area contributed by atoms with Crippen molar-refractivity contribution in [2.24, 2.45) is 7.05 Å². The van der Waals surface area contributed by atoms with Crippen LogP contribution in [-0.4, -0.2) is 10.5 Å². The molecule has 20 heavy (non-hydrogen) atoms. The summed E-state index contributed by atoms with van der Waals surface area (Å²) in [5.41, 5.74) is 1.87. The topological polar surface area (TPSA) is 34.0 Å². The lowest BCUT2D eigenvalue weighted by Crippen LogP contribution is -2.24. The third kappa shape index (κ3) is 2.39. The van der Waals surface area contributed by atoms with Crippen LogP contribution in [0.15, 0.2) is 29.6 Å². The van der Waals surface area contributed by atoms with Gasteiger partial charge in [-0.25, -0.2) is 0 Å². The first kappa shape index (κ1) is 13.4. The summed E-state index contributed by atoms with van der Waals surface area (Å²) in [5.74, 6) is -0.0117. The Morgan fingerprint density at radius 3 is 2.85 bits per heavy atom. The summed E-state index contributed by atoms with van der Waals surface area (Å²) in [4.78, 5) is 14.8. The summed E-state index contributed by atoms with van der Waals surface area (Å²) in [5, 5.41) is 5.00. The van der Waals surface area contributed by atoms with Crippen molar-refractivity contribution in [3.05, 3.63) is 45.1 Å².